The molecule has 0 aromatic heterocycles. The zero-order chi connectivity index (χ0) is 9.47. The lowest BCUT2D eigenvalue weighted by molar-refractivity contribution is 0.0339. The first kappa shape index (κ1) is 9.51. The molecule has 0 heterocycles. The summed E-state index contributed by atoms with van der Waals surface area (Å²) < 4.78 is 0. The smallest absolute Gasteiger partial charge is 0.0708 e. The molecule has 2 saturated carbocycles. The van der Waals surface area contributed by atoms with Crippen LogP contribution in [0.1, 0.15) is 52.4 Å². The highest BCUT2D eigenvalue weighted by atomic mass is 16.3. The molecule has 0 saturated heterocycles. The summed E-state index contributed by atoms with van der Waals surface area (Å²) in [5.74, 6) is 2.10. The largest absolute Gasteiger partial charge is 0.389 e. The van der Waals surface area contributed by atoms with Gasteiger partial charge in [-0.2, -0.15) is 0 Å². The monoisotopic (exact) mass is 182 g/mol. The van der Waals surface area contributed by atoms with E-state index < -0.39 is 0 Å². The molecule has 0 amide bonds. The fraction of sp³-hybridized carbons (Fsp3) is 1.00. The normalized spacial score (nSPS) is 50.5. The van der Waals surface area contributed by atoms with Gasteiger partial charge < -0.3 is 5.11 Å². The maximum Gasteiger partial charge on any atom is 0.0708 e. The summed E-state index contributed by atoms with van der Waals surface area (Å²) in [4.78, 5) is 0. The molecule has 13 heavy (non-hydrogen) atoms. The average Bonchev–Trinajstić information content (AvgIpc) is 2.79. The molecule has 0 radical (unpaired) electrons. The van der Waals surface area contributed by atoms with Crippen LogP contribution in [0.3, 0.4) is 0 Å². The van der Waals surface area contributed by atoms with Crippen LogP contribution in [-0.4, -0.2) is 10.7 Å². The first-order valence-corrected chi connectivity index (χ1v) is 5.89. The molecule has 2 rings (SSSR count). The maximum absolute atomic E-state index is 10.3. The predicted molar refractivity (Wildman–Crippen MR) is 54.5 cm³/mol. The van der Waals surface area contributed by atoms with Crippen LogP contribution in [0.15, 0.2) is 0 Å². The van der Waals surface area contributed by atoms with Gasteiger partial charge in [0.1, 0.15) is 0 Å². The molecule has 0 bridgehead atoms. The van der Waals surface area contributed by atoms with Gasteiger partial charge in [-0.25, -0.2) is 0 Å². The van der Waals surface area contributed by atoms with Gasteiger partial charge in [0.15, 0.2) is 0 Å². The molecule has 0 aliphatic heterocycles. The topological polar surface area (TPSA) is 20.2 Å². The molecule has 1 nitrogen and oxygen atoms in total. The van der Waals surface area contributed by atoms with Crippen LogP contribution < -0.4 is 0 Å². The van der Waals surface area contributed by atoms with Crippen molar-refractivity contribution in [2.24, 2.45) is 17.8 Å². The van der Waals surface area contributed by atoms with Gasteiger partial charge >= 0.3 is 0 Å². The van der Waals surface area contributed by atoms with Crippen LogP contribution in [0, 0.1) is 17.8 Å². The minimum absolute atomic E-state index is 0.233. The summed E-state index contributed by atoms with van der Waals surface area (Å²) >= 11 is 0. The Hall–Kier alpha value is -0.0400. The Bertz CT molecular complexity index is 190. The van der Waals surface area contributed by atoms with E-state index in [2.05, 4.69) is 13.8 Å². The lowest BCUT2D eigenvalue weighted by atomic mass is 9.77. The van der Waals surface area contributed by atoms with Gasteiger partial charge in [-0.1, -0.05) is 33.1 Å². The molecular weight excluding hydrogens is 160 g/mol. The number of hydrogen-bond acceptors (Lipinski definition) is 1. The van der Waals surface area contributed by atoms with Crippen LogP contribution in [0.5, 0.6) is 0 Å². The second-order valence-electron chi connectivity index (χ2n) is 5.27. The summed E-state index contributed by atoms with van der Waals surface area (Å²) in [6.07, 6.45) is 7.51. The zero-order valence-electron chi connectivity index (χ0n) is 8.92. The van der Waals surface area contributed by atoms with E-state index in [0.29, 0.717) is 11.8 Å². The van der Waals surface area contributed by atoms with Crippen molar-refractivity contribution in [1.29, 1.82) is 0 Å². The summed E-state index contributed by atoms with van der Waals surface area (Å²) in [7, 11) is 0. The minimum atomic E-state index is -0.233. The molecule has 0 spiro atoms. The van der Waals surface area contributed by atoms with Crippen molar-refractivity contribution in [1.82, 2.24) is 0 Å². The lowest BCUT2D eigenvalue weighted by Gasteiger charge is -2.31. The summed E-state index contributed by atoms with van der Waals surface area (Å²) in [5.41, 5.74) is -0.233. The quantitative estimate of drug-likeness (QED) is 0.696. The molecule has 1 heteroatoms. The standard InChI is InChI=1S/C12H22O/c1-3-10-8-12(10,13)11-6-4-5-9(2)7-11/h9-11,13H,3-8H2,1-2H3. The van der Waals surface area contributed by atoms with Gasteiger partial charge in [0.05, 0.1) is 5.60 Å². The molecule has 0 aromatic rings. The Morgan fingerprint density at radius 1 is 1.38 bits per heavy atom. The van der Waals surface area contributed by atoms with E-state index in [-0.39, 0.29) is 5.60 Å². The molecule has 2 fully saturated rings. The molecular formula is C12H22O. The second kappa shape index (κ2) is 3.27. The molecule has 0 aromatic carbocycles. The van der Waals surface area contributed by atoms with E-state index in [1.54, 1.807) is 0 Å². The predicted octanol–water partition coefficient (Wildman–Crippen LogP) is 2.97. The van der Waals surface area contributed by atoms with E-state index in [1.807, 2.05) is 0 Å². The minimum Gasteiger partial charge on any atom is -0.389 e. The van der Waals surface area contributed by atoms with Gasteiger partial charge in [0.25, 0.3) is 0 Å². The van der Waals surface area contributed by atoms with Gasteiger partial charge in [-0.3, -0.25) is 0 Å². The van der Waals surface area contributed by atoms with Crippen molar-refractivity contribution in [2.75, 3.05) is 0 Å². The van der Waals surface area contributed by atoms with Crippen molar-refractivity contribution in [3.05, 3.63) is 0 Å². The molecule has 4 atom stereocenters. The highest BCUT2D eigenvalue weighted by molar-refractivity contribution is 5.07. The van der Waals surface area contributed by atoms with Crippen LogP contribution in [0.2, 0.25) is 0 Å². The molecule has 4 unspecified atom stereocenters. The third-order valence-corrected chi connectivity index (χ3v) is 4.26. The fourth-order valence-electron chi connectivity index (χ4n) is 3.22. The van der Waals surface area contributed by atoms with Gasteiger partial charge in [0.2, 0.25) is 0 Å². The summed E-state index contributed by atoms with van der Waals surface area (Å²) in [6, 6.07) is 0. The second-order valence-corrected chi connectivity index (χ2v) is 5.27. The van der Waals surface area contributed by atoms with Crippen LogP contribution in [0.4, 0.5) is 0 Å². The zero-order valence-corrected chi connectivity index (χ0v) is 8.92. The molecule has 1 N–H and O–H groups in total. The van der Waals surface area contributed by atoms with Gasteiger partial charge in [0, 0.05) is 0 Å². The van der Waals surface area contributed by atoms with E-state index >= 15 is 0 Å². The number of hydrogen-bond donors (Lipinski definition) is 1. The summed E-state index contributed by atoms with van der Waals surface area (Å²) in [5, 5.41) is 10.3. The van der Waals surface area contributed by atoms with E-state index in [9.17, 15) is 5.11 Å². The Kier molecular flexibility index (Phi) is 2.39. The molecule has 2 aliphatic rings. The Balaban J connectivity index is 1.93. The highest BCUT2D eigenvalue weighted by Gasteiger charge is 2.56. The third-order valence-electron chi connectivity index (χ3n) is 4.26. The van der Waals surface area contributed by atoms with E-state index in [0.717, 1.165) is 12.3 Å². The number of aliphatic hydroxyl groups is 1. The third kappa shape index (κ3) is 1.63. The Morgan fingerprint density at radius 2 is 2.15 bits per heavy atom. The Morgan fingerprint density at radius 3 is 2.69 bits per heavy atom. The van der Waals surface area contributed by atoms with E-state index in [1.165, 1.54) is 32.1 Å². The van der Waals surface area contributed by atoms with Crippen molar-refractivity contribution >= 4 is 0 Å². The first-order valence-electron chi connectivity index (χ1n) is 5.89. The lowest BCUT2D eigenvalue weighted by Crippen LogP contribution is -2.29. The SMILES string of the molecule is CCC1CC1(O)C1CCCC(C)C1. The maximum atomic E-state index is 10.3. The van der Waals surface area contributed by atoms with Crippen LogP contribution in [-0.2, 0) is 0 Å². The van der Waals surface area contributed by atoms with Crippen molar-refractivity contribution in [3.63, 3.8) is 0 Å². The van der Waals surface area contributed by atoms with Gasteiger partial charge in [-0.05, 0) is 37.0 Å². The Labute approximate surface area is 81.5 Å². The van der Waals surface area contributed by atoms with Crippen molar-refractivity contribution in [2.45, 2.75) is 58.0 Å². The van der Waals surface area contributed by atoms with Gasteiger partial charge in [-0.15, -0.1) is 0 Å². The highest BCUT2D eigenvalue weighted by Crippen LogP contribution is 2.55. The fourth-order valence-corrected chi connectivity index (χ4v) is 3.22. The molecule has 2 aliphatic carbocycles. The summed E-state index contributed by atoms with van der Waals surface area (Å²) in [6.45, 7) is 4.54. The molecule has 76 valence electrons. The van der Waals surface area contributed by atoms with Crippen molar-refractivity contribution in [3.8, 4) is 0 Å². The average molecular weight is 182 g/mol. The van der Waals surface area contributed by atoms with Crippen LogP contribution in [0.25, 0.3) is 0 Å². The number of rotatable bonds is 2. The first-order chi connectivity index (χ1) is 6.16. The van der Waals surface area contributed by atoms with Crippen LogP contribution >= 0.6 is 0 Å². The van der Waals surface area contributed by atoms with E-state index in [4.69, 9.17) is 0 Å². The van der Waals surface area contributed by atoms with Crippen molar-refractivity contribution < 1.29 is 5.11 Å².